The van der Waals surface area contributed by atoms with Crippen LogP contribution in [0.4, 0.5) is 0 Å². The first-order chi connectivity index (χ1) is 14.5. The molecule has 3 aromatic rings. The molecule has 3 heterocycles. The minimum Gasteiger partial charge on any atom is -0.379 e. The van der Waals surface area contributed by atoms with Gasteiger partial charge in [0.2, 0.25) is 5.91 Å². The smallest absolute Gasteiger partial charge is 0.224 e. The van der Waals surface area contributed by atoms with Crippen molar-refractivity contribution in [3.63, 3.8) is 0 Å². The van der Waals surface area contributed by atoms with E-state index in [1.165, 1.54) is 0 Å². The zero-order chi connectivity index (χ0) is 21.1. The van der Waals surface area contributed by atoms with Gasteiger partial charge in [0.05, 0.1) is 25.3 Å². The molecule has 0 unspecified atom stereocenters. The van der Waals surface area contributed by atoms with Gasteiger partial charge in [0, 0.05) is 48.7 Å². The van der Waals surface area contributed by atoms with Gasteiger partial charge in [-0.1, -0.05) is 30.3 Å². The van der Waals surface area contributed by atoms with Crippen molar-refractivity contribution in [3.8, 4) is 11.1 Å². The van der Waals surface area contributed by atoms with Crippen molar-refractivity contribution in [1.82, 2.24) is 24.8 Å². The number of fused-ring (bicyclic) bond motifs is 1. The third-order valence-corrected chi connectivity index (χ3v) is 5.75. The predicted molar refractivity (Wildman–Crippen MR) is 117 cm³/mol. The Morgan fingerprint density at radius 1 is 1.10 bits per heavy atom. The number of hydrogen-bond donors (Lipinski definition) is 1. The molecule has 0 spiro atoms. The molecule has 1 aliphatic rings. The van der Waals surface area contributed by atoms with E-state index in [0.717, 1.165) is 72.3 Å². The standard InChI is InChI=1S/C23H29N5O2/c1-16-20(15-21(29)24-9-10-27-11-13-30-14-12-27)18(3)28-23(25-16)22(17(2)26-28)19-7-5-4-6-8-19/h4-8H,9-15H2,1-3H3,(H,24,29). The highest BCUT2D eigenvalue weighted by atomic mass is 16.5. The summed E-state index contributed by atoms with van der Waals surface area (Å²) in [4.78, 5) is 19.7. The molecule has 1 aromatic carbocycles. The summed E-state index contributed by atoms with van der Waals surface area (Å²) in [6.07, 6.45) is 0.309. The Bertz CT molecular complexity index is 1040. The van der Waals surface area contributed by atoms with E-state index in [4.69, 9.17) is 14.8 Å². The van der Waals surface area contributed by atoms with E-state index in [1.54, 1.807) is 0 Å². The van der Waals surface area contributed by atoms with Crippen LogP contribution in [0.25, 0.3) is 16.8 Å². The summed E-state index contributed by atoms with van der Waals surface area (Å²) in [5, 5.41) is 7.77. The SMILES string of the molecule is Cc1nc2c(-c3ccccc3)c(C)nn2c(C)c1CC(=O)NCCN1CCOCC1. The minimum absolute atomic E-state index is 0.0165. The topological polar surface area (TPSA) is 71.8 Å². The van der Waals surface area contributed by atoms with Crippen LogP contribution in [0.1, 0.15) is 22.6 Å². The largest absolute Gasteiger partial charge is 0.379 e. The number of hydrogen-bond acceptors (Lipinski definition) is 5. The van der Waals surface area contributed by atoms with Gasteiger partial charge in [0.1, 0.15) is 0 Å². The van der Waals surface area contributed by atoms with Crippen molar-refractivity contribution in [2.45, 2.75) is 27.2 Å². The fraction of sp³-hybridized carbons (Fsp3) is 0.435. The Morgan fingerprint density at radius 3 is 2.57 bits per heavy atom. The van der Waals surface area contributed by atoms with Crippen molar-refractivity contribution in [3.05, 3.63) is 53.0 Å². The summed E-state index contributed by atoms with van der Waals surface area (Å²) < 4.78 is 7.24. The molecule has 0 bridgehead atoms. The minimum atomic E-state index is 0.0165. The average Bonchev–Trinajstić information content (AvgIpc) is 3.08. The lowest BCUT2D eigenvalue weighted by atomic mass is 10.1. The summed E-state index contributed by atoms with van der Waals surface area (Å²) in [5.41, 5.74) is 6.70. The molecule has 1 fully saturated rings. The van der Waals surface area contributed by atoms with Crippen molar-refractivity contribution in [1.29, 1.82) is 0 Å². The first-order valence-electron chi connectivity index (χ1n) is 10.5. The van der Waals surface area contributed by atoms with Crippen LogP contribution in [0.2, 0.25) is 0 Å². The van der Waals surface area contributed by atoms with Gasteiger partial charge in [0.25, 0.3) is 0 Å². The van der Waals surface area contributed by atoms with Crippen LogP contribution in [-0.4, -0.2) is 64.8 Å². The third kappa shape index (κ3) is 4.22. The zero-order valence-corrected chi connectivity index (χ0v) is 17.9. The maximum atomic E-state index is 12.6. The molecule has 1 N–H and O–H groups in total. The fourth-order valence-electron chi connectivity index (χ4n) is 4.07. The van der Waals surface area contributed by atoms with Gasteiger partial charge >= 0.3 is 0 Å². The second-order valence-electron chi connectivity index (χ2n) is 7.80. The number of amides is 1. The number of morpholine rings is 1. The van der Waals surface area contributed by atoms with Crippen LogP contribution in [0, 0.1) is 20.8 Å². The molecule has 0 saturated carbocycles. The number of carbonyl (C=O) groups is 1. The molecule has 0 radical (unpaired) electrons. The number of benzene rings is 1. The van der Waals surface area contributed by atoms with Crippen molar-refractivity contribution in [2.24, 2.45) is 0 Å². The number of carbonyl (C=O) groups excluding carboxylic acids is 1. The van der Waals surface area contributed by atoms with Crippen molar-refractivity contribution in [2.75, 3.05) is 39.4 Å². The Balaban J connectivity index is 1.51. The highest BCUT2D eigenvalue weighted by Crippen LogP contribution is 2.29. The number of nitrogens with zero attached hydrogens (tertiary/aromatic N) is 4. The van der Waals surface area contributed by atoms with Crippen LogP contribution in [-0.2, 0) is 16.0 Å². The van der Waals surface area contributed by atoms with E-state index in [-0.39, 0.29) is 5.91 Å². The molecule has 1 amide bonds. The lowest BCUT2D eigenvalue weighted by molar-refractivity contribution is -0.120. The average molecular weight is 408 g/mol. The lowest BCUT2D eigenvalue weighted by Gasteiger charge is -2.26. The molecule has 1 aliphatic heterocycles. The summed E-state index contributed by atoms with van der Waals surface area (Å²) >= 11 is 0. The second kappa shape index (κ2) is 8.93. The maximum Gasteiger partial charge on any atom is 0.224 e. The first-order valence-corrected chi connectivity index (χ1v) is 10.5. The van der Waals surface area contributed by atoms with Crippen LogP contribution >= 0.6 is 0 Å². The third-order valence-electron chi connectivity index (χ3n) is 5.75. The normalized spacial score (nSPS) is 14.9. The summed E-state index contributed by atoms with van der Waals surface area (Å²) in [7, 11) is 0. The number of rotatable bonds is 6. The maximum absolute atomic E-state index is 12.6. The number of ether oxygens (including phenoxy) is 1. The predicted octanol–water partition coefficient (Wildman–Crippen LogP) is 2.31. The van der Waals surface area contributed by atoms with E-state index >= 15 is 0 Å². The fourth-order valence-corrected chi connectivity index (χ4v) is 4.07. The van der Waals surface area contributed by atoms with Gasteiger partial charge in [-0.05, 0) is 26.3 Å². The molecule has 1 saturated heterocycles. The van der Waals surface area contributed by atoms with Crippen molar-refractivity contribution >= 4 is 11.6 Å². The summed E-state index contributed by atoms with van der Waals surface area (Å²) in [6.45, 7) is 10.9. The molecule has 4 rings (SSSR count). The van der Waals surface area contributed by atoms with Gasteiger partial charge in [-0.15, -0.1) is 0 Å². The Labute approximate surface area is 177 Å². The number of nitrogens with one attached hydrogen (secondary N) is 1. The monoisotopic (exact) mass is 407 g/mol. The molecule has 0 atom stereocenters. The highest BCUT2D eigenvalue weighted by molar-refractivity contribution is 5.82. The quantitative estimate of drug-likeness (QED) is 0.679. The lowest BCUT2D eigenvalue weighted by Crippen LogP contribution is -2.41. The van der Waals surface area contributed by atoms with E-state index < -0.39 is 0 Å². The van der Waals surface area contributed by atoms with Crippen LogP contribution in [0.15, 0.2) is 30.3 Å². The summed E-state index contributed by atoms with van der Waals surface area (Å²) in [5.74, 6) is 0.0165. The highest BCUT2D eigenvalue weighted by Gasteiger charge is 2.19. The first kappa shape index (κ1) is 20.5. The van der Waals surface area contributed by atoms with E-state index in [2.05, 4.69) is 22.3 Å². The molecule has 30 heavy (non-hydrogen) atoms. The second-order valence-corrected chi connectivity index (χ2v) is 7.80. The van der Waals surface area contributed by atoms with Gasteiger partial charge < -0.3 is 10.1 Å². The number of aromatic nitrogens is 3. The zero-order valence-electron chi connectivity index (χ0n) is 17.9. The van der Waals surface area contributed by atoms with Crippen LogP contribution in [0.3, 0.4) is 0 Å². The molecular formula is C23H29N5O2. The molecule has 158 valence electrons. The van der Waals surface area contributed by atoms with Crippen molar-refractivity contribution < 1.29 is 9.53 Å². The van der Waals surface area contributed by atoms with E-state index in [0.29, 0.717) is 13.0 Å². The molecule has 7 heteroatoms. The Hall–Kier alpha value is -2.77. The van der Waals surface area contributed by atoms with Crippen LogP contribution in [0.5, 0.6) is 0 Å². The number of aryl methyl sites for hydroxylation is 3. The van der Waals surface area contributed by atoms with E-state index in [9.17, 15) is 4.79 Å². The van der Waals surface area contributed by atoms with Gasteiger partial charge in [-0.3, -0.25) is 9.69 Å². The summed E-state index contributed by atoms with van der Waals surface area (Å²) in [6, 6.07) is 10.2. The molecule has 2 aromatic heterocycles. The van der Waals surface area contributed by atoms with Gasteiger partial charge in [0.15, 0.2) is 5.65 Å². The Kier molecular flexibility index (Phi) is 6.11. The van der Waals surface area contributed by atoms with Crippen LogP contribution < -0.4 is 5.32 Å². The Morgan fingerprint density at radius 2 is 1.83 bits per heavy atom. The van der Waals surface area contributed by atoms with Gasteiger partial charge in [-0.25, -0.2) is 9.50 Å². The molecule has 7 nitrogen and oxygen atoms in total. The molecular weight excluding hydrogens is 378 g/mol. The van der Waals surface area contributed by atoms with Gasteiger partial charge in [-0.2, -0.15) is 5.10 Å². The molecule has 0 aliphatic carbocycles. The van der Waals surface area contributed by atoms with E-state index in [1.807, 2.05) is 43.5 Å².